The van der Waals surface area contributed by atoms with E-state index in [9.17, 15) is 0 Å². The average Bonchev–Trinajstić information content (AvgIpc) is 2.24. The van der Waals surface area contributed by atoms with Crippen LogP contribution in [0.25, 0.3) is 0 Å². The van der Waals surface area contributed by atoms with Crippen molar-refractivity contribution in [2.75, 3.05) is 11.9 Å². The Morgan fingerprint density at radius 2 is 2.38 bits per heavy atom. The van der Waals surface area contributed by atoms with E-state index in [0.717, 1.165) is 18.9 Å². The highest BCUT2D eigenvalue weighted by molar-refractivity contribution is 6.34. The Morgan fingerprint density at radius 1 is 1.56 bits per heavy atom. The third-order valence-corrected chi connectivity index (χ3v) is 3.46. The molecule has 1 aliphatic carbocycles. The van der Waals surface area contributed by atoms with E-state index < -0.39 is 0 Å². The van der Waals surface area contributed by atoms with Crippen molar-refractivity contribution in [3.8, 4) is 6.07 Å². The smallest absolute Gasteiger partial charge is 0.146 e. The summed E-state index contributed by atoms with van der Waals surface area (Å²) in [7, 11) is 0. The molecule has 0 aliphatic heterocycles. The van der Waals surface area contributed by atoms with E-state index in [4.69, 9.17) is 16.9 Å². The first kappa shape index (κ1) is 11.2. The summed E-state index contributed by atoms with van der Waals surface area (Å²) in [6.45, 7) is 0.881. The van der Waals surface area contributed by atoms with Crippen LogP contribution >= 0.6 is 11.6 Å². The van der Waals surface area contributed by atoms with Gasteiger partial charge in [-0.2, -0.15) is 5.26 Å². The second kappa shape index (κ2) is 5.18. The maximum Gasteiger partial charge on any atom is 0.146 e. The van der Waals surface area contributed by atoms with E-state index in [1.807, 2.05) is 6.07 Å². The minimum Gasteiger partial charge on any atom is -0.369 e. The Morgan fingerprint density at radius 3 is 3.00 bits per heavy atom. The highest BCUT2D eigenvalue weighted by atomic mass is 35.5. The number of rotatable bonds is 4. The number of nitrogens with zero attached hydrogens (tertiary/aromatic N) is 2. The molecule has 0 atom stereocenters. The molecule has 16 heavy (non-hydrogen) atoms. The first-order valence-corrected chi connectivity index (χ1v) is 5.97. The van der Waals surface area contributed by atoms with Crippen molar-refractivity contribution in [2.24, 2.45) is 5.92 Å². The van der Waals surface area contributed by atoms with Crippen LogP contribution in [0, 0.1) is 17.2 Å². The van der Waals surface area contributed by atoms with Crippen LogP contribution in [0.2, 0.25) is 5.02 Å². The summed E-state index contributed by atoms with van der Waals surface area (Å²) in [5.74, 6) is 1.49. The van der Waals surface area contributed by atoms with Crippen LogP contribution in [-0.4, -0.2) is 11.5 Å². The largest absolute Gasteiger partial charge is 0.369 e. The number of aromatic nitrogens is 1. The molecule has 0 spiro atoms. The van der Waals surface area contributed by atoms with Gasteiger partial charge < -0.3 is 5.32 Å². The normalized spacial score (nSPS) is 15.2. The Hall–Kier alpha value is -1.27. The molecule has 1 saturated carbocycles. The van der Waals surface area contributed by atoms with Gasteiger partial charge in [-0.3, -0.25) is 0 Å². The maximum atomic E-state index is 8.81. The van der Waals surface area contributed by atoms with Crippen LogP contribution in [-0.2, 0) is 0 Å². The van der Waals surface area contributed by atoms with Crippen molar-refractivity contribution in [3.05, 3.63) is 22.8 Å². The molecule has 0 unspecified atom stereocenters. The molecule has 0 bridgehead atoms. The quantitative estimate of drug-likeness (QED) is 0.872. The molecule has 1 aromatic rings. The lowest BCUT2D eigenvalue weighted by Crippen LogP contribution is -2.16. The fourth-order valence-corrected chi connectivity index (χ4v) is 2.05. The van der Waals surface area contributed by atoms with Crippen LogP contribution in [0.15, 0.2) is 12.3 Å². The summed E-state index contributed by atoms with van der Waals surface area (Å²) in [5.41, 5.74) is 0.475. The standard InChI is InChI=1S/C12H14ClN3/c13-11-10(8-14)5-7-16-12(11)15-6-4-9-2-1-3-9/h5,7,9H,1-4,6H2,(H,15,16). The SMILES string of the molecule is N#Cc1ccnc(NCCC2CCC2)c1Cl. The molecule has 2 rings (SSSR count). The van der Waals surface area contributed by atoms with E-state index in [0.29, 0.717) is 16.4 Å². The number of nitriles is 1. The van der Waals surface area contributed by atoms with Crippen LogP contribution in [0.4, 0.5) is 5.82 Å². The van der Waals surface area contributed by atoms with E-state index in [1.54, 1.807) is 12.3 Å². The Bertz CT molecular complexity index is 407. The Labute approximate surface area is 100 Å². The maximum absolute atomic E-state index is 8.81. The van der Waals surface area contributed by atoms with Crippen molar-refractivity contribution < 1.29 is 0 Å². The van der Waals surface area contributed by atoms with Gasteiger partial charge >= 0.3 is 0 Å². The summed E-state index contributed by atoms with van der Waals surface area (Å²) in [5, 5.41) is 12.4. The van der Waals surface area contributed by atoms with E-state index in [-0.39, 0.29) is 0 Å². The third kappa shape index (κ3) is 2.45. The zero-order chi connectivity index (χ0) is 11.4. The zero-order valence-corrected chi connectivity index (χ0v) is 9.80. The Balaban J connectivity index is 1.90. The second-order valence-electron chi connectivity index (χ2n) is 4.15. The van der Waals surface area contributed by atoms with Gasteiger partial charge in [-0.05, 0) is 18.4 Å². The number of anilines is 1. The van der Waals surface area contributed by atoms with E-state index in [1.165, 1.54) is 19.3 Å². The number of hydrogen-bond donors (Lipinski definition) is 1. The summed E-state index contributed by atoms with van der Waals surface area (Å²) < 4.78 is 0. The molecular formula is C12H14ClN3. The monoisotopic (exact) mass is 235 g/mol. The van der Waals surface area contributed by atoms with Crippen LogP contribution in [0.3, 0.4) is 0 Å². The lowest BCUT2D eigenvalue weighted by atomic mass is 9.83. The van der Waals surface area contributed by atoms with Gasteiger partial charge in [-0.1, -0.05) is 30.9 Å². The summed E-state index contributed by atoms with van der Waals surface area (Å²) in [6, 6.07) is 3.67. The predicted molar refractivity (Wildman–Crippen MR) is 64.4 cm³/mol. The van der Waals surface area contributed by atoms with Crippen molar-refractivity contribution in [1.82, 2.24) is 4.98 Å². The first-order chi connectivity index (χ1) is 7.81. The van der Waals surface area contributed by atoms with Gasteiger partial charge in [-0.25, -0.2) is 4.98 Å². The number of halogens is 1. The van der Waals surface area contributed by atoms with Crippen LogP contribution < -0.4 is 5.32 Å². The molecular weight excluding hydrogens is 222 g/mol. The van der Waals surface area contributed by atoms with Gasteiger partial charge in [0.05, 0.1) is 5.56 Å². The van der Waals surface area contributed by atoms with Gasteiger partial charge in [0.15, 0.2) is 0 Å². The number of pyridine rings is 1. The van der Waals surface area contributed by atoms with Crippen LogP contribution in [0.1, 0.15) is 31.2 Å². The molecule has 1 aromatic heterocycles. The van der Waals surface area contributed by atoms with E-state index in [2.05, 4.69) is 10.3 Å². The van der Waals surface area contributed by atoms with Crippen molar-refractivity contribution in [1.29, 1.82) is 5.26 Å². The second-order valence-corrected chi connectivity index (χ2v) is 4.52. The highest BCUT2D eigenvalue weighted by Gasteiger charge is 2.16. The highest BCUT2D eigenvalue weighted by Crippen LogP contribution is 2.29. The molecule has 3 nitrogen and oxygen atoms in total. The molecule has 0 aromatic carbocycles. The molecule has 84 valence electrons. The fraction of sp³-hybridized carbons (Fsp3) is 0.500. The summed E-state index contributed by atoms with van der Waals surface area (Å²) in [6.07, 6.45) is 6.83. The third-order valence-electron chi connectivity index (χ3n) is 3.08. The number of nitrogens with one attached hydrogen (secondary N) is 1. The van der Waals surface area contributed by atoms with Gasteiger partial charge in [0.25, 0.3) is 0 Å². The average molecular weight is 236 g/mol. The summed E-state index contributed by atoms with van der Waals surface area (Å²) >= 11 is 6.02. The predicted octanol–water partition coefficient (Wildman–Crippen LogP) is 3.21. The molecule has 0 saturated heterocycles. The Kier molecular flexibility index (Phi) is 3.63. The lowest BCUT2D eigenvalue weighted by molar-refractivity contribution is 0.303. The molecule has 1 fully saturated rings. The minimum atomic E-state index is 0.429. The fourth-order valence-electron chi connectivity index (χ4n) is 1.83. The van der Waals surface area contributed by atoms with Gasteiger partial charge in [-0.15, -0.1) is 0 Å². The van der Waals surface area contributed by atoms with Gasteiger partial charge in [0.1, 0.15) is 16.9 Å². The van der Waals surface area contributed by atoms with Crippen molar-refractivity contribution in [2.45, 2.75) is 25.7 Å². The lowest BCUT2D eigenvalue weighted by Gasteiger charge is -2.25. The first-order valence-electron chi connectivity index (χ1n) is 5.59. The van der Waals surface area contributed by atoms with Gasteiger partial charge in [0, 0.05) is 12.7 Å². The molecule has 0 radical (unpaired) electrons. The summed E-state index contributed by atoms with van der Waals surface area (Å²) in [4.78, 5) is 4.13. The molecule has 0 amide bonds. The number of hydrogen-bond acceptors (Lipinski definition) is 3. The minimum absolute atomic E-state index is 0.429. The zero-order valence-electron chi connectivity index (χ0n) is 9.04. The van der Waals surface area contributed by atoms with E-state index >= 15 is 0 Å². The van der Waals surface area contributed by atoms with Gasteiger partial charge in [0.2, 0.25) is 0 Å². The topological polar surface area (TPSA) is 48.7 Å². The van der Waals surface area contributed by atoms with Crippen LogP contribution in [0.5, 0.6) is 0 Å². The molecule has 4 heteroatoms. The molecule has 1 aliphatic rings. The van der Waals surface area contributed by atoms with Crippen molar-refractivity contribution in [3.63, 3.8) is 0 Å². The van der Waals surface area contributed by atoms with Crippen molar-refractivity contribution >= 4 is 17.4 Å². The molecule has 1 heterocycles. The molecule has 1 N–H and O–H groups in total.